The monoisotopic (exact) mass is 257 g/mol. The van der Waals surface area contributed by atoms with Crippen LogP contribution in [0.5, 0.6) is 0 Å². The van der Waals surface area contributed by atoms with Crippen LogP contribution in [0.2, 0.25) is 0 Å². The molecule has 0 unspecified atom stereocenters. The predicted octanol–water partition coefficient (Wildman–Crippen LogP) is 1.97. The van der Waals surface area contributed by atoms with Crippen LogP contribution in [0.1, 0.15) is 6.42 Å². The second kappa shape index (κ2) is 6.90. The molecule has 0 bridgehead atoms. The first-order chi connectivity index (χ1) is 8.08. The van der Waals surface area contributed by atoms with Crippen molar-refractivity contribution in [3.8, 4) is 0 Å². The Bertz CT molecular complexity index is 394. The Kier molecular flexibility index (Phi) is 5.48. The molecule has 0 saturated carbocycles. The third-order valence-electron chi connectivity index (χ3n) is 1.82. The first kappa shape index (κ1) is 13.5. The van der Waals surface area contributed by atoms with Gasteiger partial charge >= 0.3 is 5.97 Å². The van der Waals surface area contributed by atoms with Crippen molar-refractivity contribution in [2.24, 2.45) is 0 Å². The molecule has 0 fully saturated rings. The van der Waals surface area contributed by atoms with E-state index in [1.807, 2.05) is 0 Å². The Morgan fingerprint density at radius 2 is 1.94 bits per heavy atom. The SMILES string of the molecule is O=C(O)CCSCC(=O)Nc1ccc(F)cc1. The second-order valence-corrected chi connectivity index (χ2v) is 4.36. The van der Waals surface area contributed by atoms with Crippen molar-refractivity contribution >= 4 is 29.3 Å². The van der Waals surface area contributed by atoms with Gasteiger partial charge in [0.1, 0.15) is 5.82 Å². The van der Waals surface area contributed by atoms with Crippen LogP contribution >= 0.6 is 11.8 Å². The zero-order valence-electron chi connectivity index (χ0n) is 8.98. The van der Waals surface area contributed by atoms with Crippen molar-refractivity contribution in [2.75, 3.05) is 16.8 Å². The van der Waals surface area contributed by atoms with Gasteiger partial charge in [-0.25, -0.2) is 4.39 Å². The number of carbonyl (C=O) groups is 2. The summed E-state index contributed by atoms with van der Waals surface area (Å²) in [5.41, 5.74) is 0.523. The van der Waals surface area contributed by atoms with Crippen LogP contribution in [-0.4, -0.2) is 28.5 Å². The maximum Gasteiger partial charge on any atom is 0.304 e. The maximum absolute atomic E-state index is 12.6. The van der Waals surface area contributed by atoms with E-state index >= 15 is 0 Å². The smallest absolute Gasteiger partial charge is 0.304 e. The van der Waals surface area contributed by atoms with Gasteiger partial charge in [0.05, 0.1) is 12.2 Å². The van der Waals surface area contributed by atoms with Gasteiger partial charge in [-0.15, -0.1) is 0 Å². The number of carbonyl (C=O) groups excluding carboxylic acids is 1. The van der Waals surface area contributed by atoms with E-state index in [9.17, 15) is 14.0 Å². The molecule has 0 aliphatic rings. The van der Waals surface area contributed by atoms with Crippen LogP contribution in [-0.2, 0) is 9.59 Å². The molecule has 0 radical (unpaired) electrons. The van der Waals surface area contributed by atoms with E-state index in [1.54, 1.807) is 0 Å². The molecule has 1 aromatic rings. The molecule has 1 rings (SSSR count). The number of aliphatic carboxylic acids is 1. The number of amides is 1. The van der Waals surface area contributed by atoms with E-state index in [2.05, 4.69) is 5.32 Å². The fourth-order valence-electron chi connectivity index (χ4n) is 1.05. The van der Waals surface area contributed by atoms with Crippen molar-refractivity contribution in [2.45, 2.75) is 6.42 Å². The topological polar surface area (TPSA) is 66.4 Å². The Hall–Kier alpha value is -1.56. The van der Waals surface area contributed by atoms with Crippen molar-refractivity contribution in [1.82, 2.24) is 0 Å². The molecule has 4 nitrogen and oxygen atoms in total. The number of anilines is 1. The molecule has 0 aliphatic carbocycles. The number of rotatable bonds is 6. The number of carboxylic acids is 1. The van der Waals surface area contributed by atoms with Crippen LogP contribution < -0.4 is 5.32 Å². The lowest BCUT2D eigenvalue weighted by atomic mass is 10.3. The van der Waals surface area contributed by atoms with Gasteiger partial charge in [0.2, 0.25) is 5.91 Å². The lowest BCUT2D eigenvalue weighted by Crippen LogP contribution is -2.14. The molecule has 0 spiro atoms. The van der Waals surface area contributed by atoms with E-state index in [0.717, 1.165) is 0 Å². The number of carboxylic acid groups (broad SMARTS) is 1. The van der Waals surface area contributed by atoms with Gasteiger partial charge in [-0.3, -0.25) is 9.59 Å². The minimum atomic E-state index is -0.878. The summed E-state index contributed by atoms with van der Waals surface area (Å²) in [7, 11) is 0. The van der Waals surface area contributed by atoms with Crippen molar-refractivity contribution in [3.05, 3.63) is 30.1 Å². The zero-order chi connectivity index (χ0) is 12.7. The average molecular weight is 257 g/mol. The molecular weight excluding hydrogens is 245 g/mol. The number of benzene rings is 1. The lowest BCUT2D eigenvalue weighted by molar-refractivity contribution is -0.136. The number of halogens is 1. The Morgan fingerprint density at radius 3 is 2.53 bits per heavy atom. The minimum Gasteiger partial charge on any atom is -0.481 e. The quantitative estimate of drug-likeness (QED) is 0.765. The van der Waals surface area contributed by atoms with Crippen LogP contribution in [0.3, 0.4) is 0 Å². The molecule has 0 atom stereocenters. The van der Waals surface area contributed by atoms with Crippen molar-refractivity contribution in [1.29, 1.82) is 0 Å². The third-order valence-corrected chi connectivity index (χ3v) is 2.78. The molecular formula is C11H12FNO3S. The molecule has 0 aromatic heterocycles. The molecule has 92 valence electrons. The van der Waals surface area contributed by atoms with Gasteiger partial charge in [-0.05, 0) is 24.3 Å². The molecule has 1 aromatic carbocycles. The molecule has 0 aliphatic heterocycles. The standard InChI is InChI=1S/C11H12FNO3S/c12-8-1-3-9(4-2-8)13-10(14)7-17-6-5-11(15)16/h1-4H,5-7H2,(H,13,14)(H,15,16). The first-order valence-corrected chi connectivity index (χ1v) is 6.08. The van der Waals surface area contributed by atoms with Crippen LogP contribution in [0.4, 0.5) is 10.1 Å². The van der Waals surface area contributed by atoms with E-state index in [0.29, 0.717) is 11.4 Å². The number of hydrogen-bond donors (Lipinski definition) is 2. The second-order valence-electron chi connectivity index (χ2n) is 3.25. The molecule has 0 saturated heterocycles. The minimum absolute atomic E-state index is 0.0362. The number of nitrogens with one attached hydrogen (secondary N) is 1. The predicted molar refractivity (Wildman–Crippen MR) is 64.6 cm³/mol. The summed E-state index contributed by atoms with van der Waals surface area (Å²) in [5.74, 6) is -0.890. The zero-order valence-corrected chi connectivity index (χ0v) is 9.80. The summed E-state index contributed by atoms with van der Waals surface area (Å²) in [5, 5.41) is 11.0. The lowest BCUT2D eigenvalue weighted by Gasteiger charge is -2.04. The highest BCUT2D eigenvalue weighted by molar-refractivity contribution is 7.99. The highest BCUT2D eigenvalue weighted by Gasteiger charge is 2.03. The van der Waals surface area contributed by atoms with Gasteiger partial charge in [0, 0.05) is 11.4 Å². The normalized spacial score (nSPS) is 9.94. The van der Waals surface area contributed by atoms with E-state index in [4.69, 9.17) is 5.11 Å². The van der Waals surface area contributed by atoms with Crippen molar-refractivity contribution in [3.63, 3.8) is 0 Å². The fraction of sp³-hybridized carbons (Fsp3) is 0.273. The molecule has 17 heavy (non-hydrogen) atoms. The average Bonchev–Trinajstić information content (AvgIpc) is 2.27. The fourth-order valence-corrected chi connectivity index (χ4v) is 1.78. The van der Waals surface area contributed by atoms with E-state index < -0.39 is 5.97 Å². The third kappa shape index (κ3) is 5.91. The Balaban J connectivity index is 2.25. The van der Waals surface area contributed by atoms with Crippen LogP contribution in [0.25, 0.3) is 0 Å². The van der Waals surface area contributed by atoms with E-state index in [1.165, 1.54) is 36.0 Å². The summed E-state index contributed by atoms with van der Waals surface area (Å²) in [6.07, 6.45) is 0.0362. The number of thioether (sulfide) groups is 1. The molecule has 2 N–H and O–H groups in total. The molecule has 0 heterocycles. The summed E-state index contributed by atoms with van der Waals surface area (Å²) in [4.78, 5) is 21.6. The Morgan fingerprint density at radius 1 is 1.29 bits per heavy atom. The van der Waals surface area contributed by atoms with Crippen molar-refractivity contribution < 1.29 is 19.1 Å². The van der Waals surface area contributed by atoms with Gasteiger partial charge in [-0.1, -0.05) is 0 Å². The summed E-state index contributed by atoms with van der Waals surface area (Å²) in [6.45, 7) is 0. The first-order valence-electron chi connectivity index (χ1n) is 4.93. The highest BCUT2D eigenvalue weighted by Crippen LogP contribution is 2.09. The van der Waals surface area contributed by atoms with Gasteiger partial charge in [0.15, 0.2) is 0 Å². The molecule has 6 heteroatoms. The summed E-state index contributed by atoms with van der Waals surface area (Å²) >= 11 is 1.25. The van der Waals surface area contributed by atoms with E-state index in [-0.39, 0.29) is 23.9 Å². The van der Waals surface area contributed by atoms with Gasteiger partial charge < -0.3 is 10.4 Å². The van der Waals surface area contributed by atoms with Gasteiger partial charge in [0.25, 0.3) is 0 Å². The maximum atomic E-state index is 12.6. The van der Waals surface area contributed by atoms with Crippen LogP contribution in [0.15, 0.2) is 24.3 Å². The largest absolute Gasteiger partial charge is 0.481 e. The molecule has 1 amide bonds. The van der Waals surface area contributed by atoms with Gasteiger partial charge in [-0.2, -0.15) is 11.8 Å². The number of hydrogen-bond acceptors (Lipinski definition) is 3. The highest BCUT2D eigenvalue weighted by atomic mass is 32.2. The van der Waals surface area contributed by atoms with Crippen LogP contribution in [0, 0.1) is 5.82 Å². The summed E-state index contributed by atoms with van der Waals surface area (Å²) in [6, 6.07) is 5.45. The summed E-state index contributed by atoms with van der Waals surface area (Å²) < 4.78 is 12.6. The Labute approximate surface area is 102 Å².